The molecule has 1 aromatic heterocycles. The van der Waals surface area contributed by atoms with Gasteiger partial charge in [0.05, 0.1) is 6.20 Å². The van der Waals surface area contributed by atoms with Crippen LogP contribution in [0.4, 0.5) is 0 Å². The monoisotopic (exact) mass is 158 g/mol. The van der Waals surface area contributed by atoms with Crippen LogP contribution in [0.15, 0.2) is 6.20 Å². The Bertz CT molecular complexity index is 217. The minimum atomic E-state index is 0.736. The van der Waals surface area contributed by atoms with Crippen molar-refractivity contribution < 1.29 is 0 Å². The SMILES string of the molecule is CCc1ncc(Cl)n1CC. The van der Waals surface area contributed by atoms with E-state index in [1.165, 1.54) is 0 Å². The van der Waals surface area contributed by atoms with E-state index in [0.29, 0.717) is 0 Å². The second-order valence-electron chi connectivity index (χ2n) is 2.09. The van der Waals surface area contributed by atoms with E-state index >= 15 is 0 Å². The fraction of sp³-hybridized carbons (Fsp3) is 0.571. The van der Waals surface area contributed by atoms with Crippen LogP contribution in [0.3, 0.4) is 0 Å². The maximum atomic E-state index is 5.82. The Labute approximate surface area is 65.8 Å². The molecule has 0 saturated carbocycles. The lowest BCUT2D eigenvalue weighted by atomic mass is 10.4. The standard InChI is InChI=1S/C7H11ClN2/c1-3-7-9-5-6(8)10(7)4-2/h5H,3-4H2,1-2H3. The van der Waals surface area contributed by atoms with Crippen molar-refractivity contribution in [3.8, 4) is 0 Å². The fourth-order valence-corrected chi connectivity index (χ4v) is 1.27. The van der Waals surface area contributed by atoms with Crippen LogP contribution < -0.4 is 0 Å². The van der Waals surface area contributed by atoms with Crippen LogP contribution in [0.1, 0.15) is 19.7 Å². The molecule has 0 aliphatic rings. The van der Waals surface area contributed by atoms with Gasteiger partial charge in [0.15, 0.2) is 0 Å². The van der Waals surface area contributed by atoms with Gasteiger partial charge in [0.2, 0.25) is 0 Å². The number of nitrogens with zero attached hydrogens (tertiary/aromatic N) is 2. The number of aryl methyl sites for hydroxylation is 1. The first kappa shape index (κ1) is 7.61. The van der Waals surface area contributed by atoms with E-state index in [0.717, 1.165) is 23.9 Å². The van der Waals surface area contributed by atoms with Gasteiger partial charge in [-0.3, -0.25) is 0 Å². The lowest BCUT2D eigenvalue weighted by Gasteiger charge is -2.01. The third-order valence-corrected chi connectivity index (χ3v) is 1.82. The average molecular weight is 159 g/mol. The Kier molecular flexibility index (Phi) is 2.33. The Balaban J connectivity index is 3.01. The molecule has 0 bridgehead atoms. The molecule has 0 aromatic carbocycles. The van der Waals surface area contributed by atoms with Crippen LogP contribution in [-0.4, -0.2) is 9.55 Å². The lowest BCUT2D eigenvalue weighted by molar-refractivity contribution is 0.706. The summed E-state index contributed by atoms with van der Waals surface area (Å²) in [4.78, 5) is 4.14. The first-order chi connectivity index (χ1) is 4.79. The Morgan fingerprint density at radius 1 is 1.60 bits per heavy atom. The molecule has 1 rings (SSSR count). The van der Waals surface area contributed by atoms with Gasteiger partial charge in [-0.15, -0.1) is 0 Å². The Hall–Kier alpha value is -0.500. The summed E-state index contributed by atoms with van der Waals surface area (Å²) in [7, 11) is 0. The maximum absolute atomic E-state index is 5.82. The molecule has 0 saturated heterocycles. The van der Waals surface area contributed by atoms with Crippen molar-refractivity contribution in [1.29, 1.82) is 0 Å². The van der Waals surface area contributed by atoms with E-state index in [9.17, 15) is 0 Å². The van der Waals surface area contributed by atoms with E-state index in [2.05, 4.69) is 18.8 Å². The molecule has 0 aliphatic heterocycles. The molecule has 1 aromatic rings. The number of imidazole rings is 1. The highest BCUT2D eigenvalue weighted by atomic mass is 35.5. The quantitative estimate of drug-likeness (QED) is 0.645. The number of hydrogen-bond donors (Lipinski definition) is 0. The van der Waals surface area contributed by atoms with E-state index < -0.39 is 0 Å². The van der Waals surface area contributed by atoms with Gasteiger partial charge < -0.3 is 4.57 Å². The van der Waals surface area contributed by atoms with Crippen LogP contribution in [0.5, 0.6) is 0 Å². The number of halogens is 1. The van der Waals surface area contributed by atoms with Gasteiger partial charge >= 0.3 is 0 Å². The molecular formula is C7H11ClN2. The van der Waals surface area contributed by atoms with Gasteiger partial charge in [-0.25, -0.2) is 4.98 Å². The molecule has 56 valence electrons. The molecule has 0 atom stereocenters. The van der Waals surface area contributed by atoms with Gasteiger partial charge in [-0.2, -0.15) is 0 Å². The number of hydrogen-bond acceptors (Lipinski definition) is 1. The Morgan fingerprint density at radius 3 is 2.70 bits per heavy atom. The van der Waals surface area contributed by atoms with Crippen LogP contribution >= 0.6 is 11.6 Å². The van der Waals surface area contributed by atoms with E-state index in [1.807, 2.05) is 4.57 Å². The molecule has 0 radical (unpaired) electrons. The molecule has 0 aliphatic carbocycles. The summed E-state index contributed by atoms with van der Waals surface area (Å²) in [6.07, 6.45) is 2.64. The lowest BCUT2D eigenvalue weighted by Crippen LogP contribution is -1.99. The molecule has 0 spiro atoms. The number of rotatable bonds is 2. The number of aromatic nitrogens is 2. The molecule has 0 unspecified atom stereocenters. The normalized spacial score (nSPS) is 10.3. The average Bonchev–Trinajstić information content (AvgIpc) is 2.30. The first-order valence-electron chi connectivity index (χ1n) is 3.49. The van der Waals surface area contributed by atoms with Crippen molar-refractivity contribution in [2.24, 2.45) is 0 Å². The molecule has 10 heavy (non-hydrogen) atoms. The minimum absolute atomic E-state index is 0.736. The van der Waals surface area contributed by atoms with Gasteiger partial charge in [0, 0.05) is 13.0 Å². The molecule has 3 heteroatoms. The summed E-state index contributed by atoms with van der Waals surface area (Å²) >= 11 is 5.82. The van der Waals surface area contributed by atoms with Gasteiger partial charge in [-0.1, -0.05) is 18.5 Å². The topological polar surface area (TPSA) is 17.8 Å². The Morgan fingerprint density at radius 2 is 2.30 bits per heavy atom. The second-order valence-corrected chi connectivity index (χ2v) is 2.48. The van der Waals surface area contributed by atoms with Crippen LogP contribution in [0.25, 0.3) is 0 Å². The molecule has 0 N–H and O–H groups in total. The molecular weight excluding hydrogens is 148 g/mol. The zero-order chi connectivity index (χ0) is 7.56. The largest absolute Gasteiger partial charge is 0.319 e. The molecule has 0 fully saturated rings. The van der Waals surface area contributed by atoms with Crippen LogP contribution in [0, 0.1) is 0 Å². The summed E-state index contributed by atoms with van der Waals surface area (Å²) in [5, 5.41) is 0.736. The van der Waals surface area contributed by atoms with Crippen LogP contribution in [0.2, 0.25) is 5.15 Å². The smallest absolute Gasteiger partial charge is 0.128 e. The zero-order valence-electron chi connectivity index (χ0n) is 6.26. The van der Waals surface area contributed by atoms with E-state index in [-0.39, 0.29) is 0 Å². The summed E-state index contributed by atoms with van der Waals surface area (Å²) in [6.45, 7) is 5.04. The third-order valence-electron chi connectivity index (χ3n) is 1.52. The van der Waals surface area contributed by atoms with Crippen LogP contribution in [-0.2, 0) is 13.0 Å². The minimum Gasteiger partial charge on any atom is -0.319 e. The van der Waals surface area contributed by atoms with Gasteiger partial charge in [0.25, 0.3) is 0 Å². The van der Waals surface area contributed by atoms with E-state index in [1.54, 1.807) is 6.20 Å². The van der Waals surface area contributed by atoms with Gasteiger partial charge in [0.1, 0.15) is 11.0 Å². The zero-order valence-corrected chi connectivity index (χ0v) is 7.02. The summed E-state index contributed by atoms with van der Waals surface area (Å²) in [6, 6.07) is 0. The summed E-state index contributed by atoms with van der Waals surface area (Å²) in [5.41, 5.74) is 0. The molecule has 2 nitrogen and oxygen atoms in total. The first-order valence-corrected chi connectivity index (χ1v) is 3.87. The van der Waals surface area contributed by atoms with Crippen molar-refractivity contribution >= 4 is 11.6 Å². The maximum Gasteiger partial charge on any atom is 0.128 e. The predicted octanol–water partition coefficient (Wildman–Crippen LogP) is 2.12. The predicted molar refractivity (Wildman–Crippen MR) is 42.3 cm³/mol. The third kappa shape index (κ3) is 1.16. The highest BCUT2D eigenvalue weighted by Gasteiger charge is 2.02. The molecule has 0 amide bonds. The van der Waals surface area contributed by atoms with Crippen molar-refractivity contribution in [2.45, 2.75) is 26.8 Å². The highest BCUT2D eigenvalue weighted by molar-refractivity contribution is 6.29. The highest BCUT2D eigenvalue weighted by Crippen LogP contribution is 2.11. The summed E-state index contributed by atoms with van der Waals surface area (Å²) in [5.74, 6) is 1.06. The summed E-state index contributed by atoms with van der Waals surface area (Å²) < 4.78 is 2.00. The van der Waals surface area contributed by atoms with Gasteiger partial charge in [-0.05, 0) is 6.92 Å². The van der Waals surface area contributed by atoms with Crippen molar-refractivity contribution in [2.75, 3.05) is 0 Å². The fourth-order valence-electron chi connectivity index (χ4n) is 1.01. The van der Waals surface area contributed by atoms with E-state index in [4.69, 9.17) is 11.6 Å². The van der Waals surface area contributed by atoms with Crippen molar-refractivity contribution in [3.63, 3.8) is 0 Å². The van der Waals surface area contributed by atoms with Crippen molar-refractivity contribution in [1.82, 2.24) is 9.55 Å². The second kappa shape index (κ2) is 3.06. The molecule has 1 heterocycles. The van der Waals surface area contributed by atoms with Crippen molar-refractivity contribution in [3.05, 3.63) is 17.2 Å².